The highest BCUT2D eigenvalue weighted by Crippen LogP contribution is 2.39. The van der Waals surface area contributed by atoms with Gasteiger partial charge in [0.25, 0.3) is 11.7 Å². The summed E-state index contributed by atoms with van der Waals surface area (Å²) >= 11 is 0. The zero-order valence-corrected chi connectivity index (χ0v) is 20.8. The van der Waals surface area contributed by atoms with Gasteiger partial charge >= 0.3 is 0 Å². The molecule has 5 nitrogen and oxygen atoms in total. The normalized spacial score (nSPS) is 17.6. The molecule has 0 spiro atoms. The van der Waals surface area contributed by atoms with Crippen LogP contribution in [0.1, 0.15) is 68.7 Å². The van der Waals surface area contributed by atoms with Crippen LogP contribution in [0, 0.1) is 6.92 Å². The molecule has 3 rings (SSSR count). The Balaban J connectivity index is 1.88. The highest BCUT2D eigenvalue weighted by Gasteiger charge is 2.45. The lowest BCUT2D eigenvalue weighted by molar-refractivity contribution is -0.140. The van der Waals surface area contributed by atoms with E-state index in [1.165, 1.54) is 0 Å². The van der Waals surface area contributed by atoms with E-state index in [1.54, 1.807) is 17.0 Å². The van der Waals surface area contributed by atoms with Gasteiger partial charge in [-0.05, 0) is 51.4 Å². The first-order chi connectivity index (χ1) is 16.5. The number of nitrogens with zero attached hydrogens (tertiary/aromatic N) is 2. The van der Waals surface area contributed by atoms with Crippen LogP contribution >= 0.6 is 0 Å². The molecule has 1 saturated heterocycles. The zero-order valence-electron chi connectivity index (χ0n) is 20.8. The molecule has 1 aliphatic rings. The number of hydrogen-bond acceptors (Lipinski definition) is 4. The molecule has 1 heterocycles. The predicted molar refractivity (Wildman–Crippen MR) is 138 cm³/mol. The number of Topliss-reactive ketones (excluding diaryl/α,β-unsaturated/α-hetero) is 1. The molecule has 0 aromatic heterocycles. The van der Waals surface area contributed by atoms with Gasteiger partial charge in [-0.2, -0.15) is 0 Å². The van der Waals surface area contributed by atoms with Crippen molar-refractivity contribution < 1.29 is 14.7 Å². The number of unbranched alkanes of at least 4 members (excludes halogenated alkanes) is 2. The summed E-state index contributed by atoms with van der Waals surface area (Å²) in [5.41, 5.74) is 2.67. The number of benzene rings is 2. The Labute approximate surface area is 204 Å². The maximum atomic E-state index is 13.1. The minimum atomic E-state index is -0.610. The van der Waals surface area contributed by atoms with Crippen molar-refractivity contribution in [1.82, 2.24) is 9.80 Å². The van der Waals surface area contributed by atoms with Crippen LogP contribution in [0.15, 0.2) is 60.2 Å². The lowest BCUT2D eigenvalue weighted by atomic mass is 9.94. The number of carbonyl (C=O) groups is 2. The number of carbonyl (C=O) groups excluding carboxylic acids is 2. The average Bonchev–Trinajstić information content (AvgIpc) is 3.11. The van der Waals surface area contributed by atoms with Crippen LogP contribution in [0.4, 0.5) is 0 Å². The Bertz CT molecular complexity index is 974. The summed E-state index contributed by atoms with van der Waals surface area (Å²) in [4.78, 5) is 30.4. The molecule has 2 aromatic carbocycles. The number of aryl methyl sites for hydroxylation is 1. The van der Waals surface area contributed by atoms with Crippen molar-refractivity contribution in [1.29, 1.82) is 0 Å². The van der Waals surface area contributed by atoms with Crippen LogP contribution in [0.2, 0.25) is 0 Å². The summed E-state index contributed by atoms with van der Waals surface area (Å²) in [5, 5.41) is 11.1. The van der Waals surface area contributed by atoms with Crippen molar-refractivity contribution in [2.45, 2.75) is 58.9 Å². The predicted octanol–water partition coefficient (Wildman–Crippen LogP) is 5.71. The molecule has 1 atom stereocenters. The summed E-state index contributed by atoms with van der Waals surface area (Å²) < 4.78 is 0. The van der Waals surface area contributed by atoms with Gasteiger partial charge < -0.3 is 14.9 Å². The molecule has 5 heteroatoms. The monoisotopic (exact) mass is 462 g/mol. The van der Waals surface area contributed by atoms with Crippen LogP contribution < -0.4 is 0 Å². The van der Waals surface area contributed by atoms with Gasteiger partial charge in [0.15, 0.2) is 0 Å². The molecule has 0 radical (unpaired) electrons. The third kappa shape index (κ3) is 6.15. The Morgan fingerprint density at radius 3 is 2.06 bits per heavy atom. The number of ketones is 1. The van der Waals surface area contributed by atoms with Crippen molar-refractivity contribution in [3.63, 3.8) is 0 Å². The Morgan fingerprint density at radius 1 is 0.882 bits per heavy atom. The van der Waals surface area contributed by atoms with Gasteiger partial charge in [-0.1, -0.05) is 86.8 Å². The van der Waals surface area contributed by atoms with Crippen LogP contribution in [-0.2, 0) is 9.59 Å². The quantitative estimate of drug-likeness (QED) is 0.249. The fourth-order valence-electron chi connectivity index (χ4n) is 4.52. The number of amides is 1. The first-order valence-electron chi connectivity index (χ1n) is 12.6. The van der Waals surface area contributed by atoms with E-state index in [4.69, 9.17) is 0 Å². The summed E-state index contributed by atoms with van der Waals surface area (Å²) in [7, 11) is 0. The van der Waals surface area contributed by atoms with E-state index in [0.29, 0.717) is 12.1 Å². The van der Waals surface area contributed by atoms with E-state index in [0.717, 1.165) is 62.9 Å². The summed E-state index contributed by atoms with van der Waals surface area (Å²) in [6, 6.07) is 16.3. The second kappa shape index (κ2) is 12.5. The summed E-state index contributed by atoms with van der Waals surface area (Å²) in [6.07, 6.45) is 5.42. The highest BCUT2D eigenvalue weighted by atomic mass is 16.3. The number of aliphatic hydroxyl groups excluding tert-OH is 1. The van der Waals surface area contributed by atoms with Crippen molar-refractivity contribution in [2.75, 3.05) is 26.2 Å². The molecule has 1 amide bonds. The van der Waals surface area contributed by atoms with Gasteiger partial charge in [-0.25, -0.2) is 0 Å². The van der Waals surface area contributed by atoms with E-state index in [1.807, 2.05) is 49.4 Å². The van der Waals surface area contributed by atoms with Gasteiger partial charge in [0, 0.05) is 12.1 Å². The molecular weight excluding hydrogens is 424 g/mol. The third-order valence-corrected chi connectivity index (χ3v) is 6.51. The maximum absolute atomic E-state index is 13.1. The SMILES string of the molecule is CCCCN(CCCC)CCCN1C(=O)C(=O)/C(=C(\O)c2ccccc2)C1c1ccc(C)cc1. The Morgan fingerprint density at radius 2 is 1.47 bits per heavy atom. The van der Waals surface area contributed by atoms with Crippen LogP contribution in [-0.4, -0.2) is 52.8 Å². The number of hydrogen-bond donors (Lipinski definition) is 1. The minimum absolute atomic E-state index is 0.112. The van der Waals surface area contributed by atoms with Crippen LogP contribution in [0.3, 0.4) is 0 Å². The molecule has 1 fully saturated rings. The fraction of sp³-hybridized carbons (Fsp3) is 0.448. The van der Waals surface area contributed by atoms with Gasteiger partial charge in [0.05, 0.1) is 11.6 Å². The Hall–Kier alpha value is -2.92. The molecule has 2 aromatic rings. The smallest absolute Gasteiger partial charge is 0.295 e. The molecule has 1 aliphatic heterocycles. The van der Waals surface area contributed by atoms with E-state index in [2.05, 4.69) is 18.7 Å². The molecule has 0 saturated carbocycles. The van der Waals surface area contributed by atoms with E-state index < -0.39 is 17.7 Å². The molecule has 1 N–H and O–H groups in total. The second-order valence-corrected chi connectivity index (χ2v) is 9.17. The van der Waals surface area contributed by atoms with Crippen molar-refractivity contribution in [2.24, 2.45) is 0 Å². The summed E-state index contributed by atoms with van der Waals surface area (Å²) in [5.74, 6) is -1.25. The lowest BCUT2D eigenvalue weighted by Gasteiger charge is -2.27. The third-order valence-electron chi connectivity index (χ3n) is 6.51. The van der Waals surface area contributed by atoms with Crippen molar-refractivity contribution >= 4 is 17.4 Å². The summed E-state index contributed by atoms with van der Waals surface area (Å²) in [6.45, 7) is 9.89. The molecule has 182 valence electrons. The van der Waals surface area contributed by atoms with Crippen LogP contribution in [0.5, 0.6) is 0 Å². The molecule has 1 unspecified atom stereocenters. The van der Waals surface area contributed by atoms with E-state index in [9.17, 15) is 14.7 Å². The standard InChI is InChI=1S/C29H38N2O3/c1-4-6-18-30(19-7-5-2)20-11-21-31-26(23-16-14-22(3)15-17-23)25(28(33)29(31)34)27(32)24-12-9-8-10-13-24/h8-10,12-17,26,32H,4-7,11,18-21H2,1-3H3/b27-25-. The second-order valence-electron chi connectivity index (χ2n) is 9.17. The van der Waals surface area contributed by atoms with E-state index >= 15 is 0 Å². The maximum Gasteiger partial charge on any atom is 0.295 e. The molecule has 0 aliphatic carbocycles. The number of aliphatic hydroxyl groups is 1. The first kappa shape index (κ1) is 25.7. The van der Waals surface area contributed by atoms with Gasteiger partial charge in [-0.3, -0.25) is 9.59 Å². The lowest BCUT2D eigenvalue weighted by Crippen LogP contribution is -2.34. The molecule has 0 bridgehead atoms. The first-order valence-corrected chi connectivity index (χ1v) is 12.6. The topological polar surface area (TPSA) is 60.9 Å². The van der Waals surface area contributed by atoms with Crippen molar-refractivity contribution in [3.8, 4) is 0 Å². The average molecular weight is 463 g/mol. The Kier molecular flexibility index (Phi) is 9.46. The van der Waals surface area contributed by atoms with Gasteiger partial charge in [-0.15, -0.1) is 0 Å². The number of likely N-dealkylation sites (tertiary alicyclic amines) is 1. The van der Waals surface area contributed by atoms with Crippen molar-refractivity contribution in [3.05, 3.63) is 76.9 Å². The number of rotatable bonds is 12. The van der Waals surface area contributed by atoms with Gasteiger partial charge in [0.1, 0.15) is 5.76 Å². The fourth-order valence-corrected chi connectivity index (χ4v) is 4.52. The van der Waals surface area contributed by atoms with Gasteiger partial charge in [0.2, 0.25) is 0 Å². The zero-order chi connectivity index (χ0) is 24.5. The van der Waals surface area contributed by atoms with E-state index in [-0.39, 0.29) is 11.3 Å². The minimum Gasteiger partial charge on any atom is -0.507 e. The largest absolute Gasteiger partial charge is 0.507 e. The highest BCUT2D eigenvalue weighted by molar-refractivity contribution is 6.46. The molecule has 34 heavy (non-hydrogen) atoms. The molecular formula is C29H38N2O3. The van der Waals surface area contributed by atoms with Crippen LogP contribution in [0.25, 0.3) is 5.76 Å².